The smallest absolute Gasteiger partial charge is 0.337 e. The number of pyridine rings is 2. The van der Waals surface area contributed by atoms with Crippen LogP contribution in [0.4, 0.5) is 4.39 Å². The molecular weight excluding hydrogens is 547 g/mol. The fourth-order valence-electron chi connectivity index (χ4n) is 4.75. The lowest BCUT2D eigenvalue weighted by atomic mass is 10.0. The molecule has 0 atom stereocenters. The first-order chi connectivity index (χ1) is 21.0. The predicted octanol–water partition coefficient (Wildman–Crippen LogP) is 5.64. The molecule has 0 aliphatic heterocycles. The summed E-state index contributed by atoms with van der Waals surface area (Å²) in [6, 6.07) is 15.1. The zero-order valence-electron chi connectivity index (χ0n) is 24.5. The molecular formula is C32H33FN8O2. The standard InChI is InChI=1S/C29H27FN8.C2H6.CO2/c1-3-32-13-18-8-20(15-33-14-18)21-11-24-27(37-38-28(24)34-16-21)29-35-25-6-4-5-23(26(25)36-29)19-7-17(12-31-2)9-22(30)10-19;1-2;2-1-3/h4-11,14-16,31-32H,3,12-13H2,1-2H3,(H,35,36)(H,34,37,38);1-2H3;. The van der Waals surface area contributed by atoms with E-state index < -0.39 is 0 Å². The molecule has 220 valence electrons. The van der Waals surface area contributed by atoms with Crippen molar-refractivity contribution in [2.75, 3.05) is 13.6 Å². The number of carbonyl (C=O) groups excluding carboxylic acids is 2. The van der Waals surface area contributed by atoms with Crippen molar-refractivity contribution in [3.05, 3.63) is 84.1 Å². The van der Waals surface area contributed by atoms with Crippen molar-refractivity contribution in [3.8, 4) is 33.8 Å². The van der Waals surface area contributed by atoms with Gasteiger partial charge in [0.2, 0.25) is 0 Å². The number of aromatic nitrogens is 6. The second kappa shape index (κ2) is 14.7. The maximum atomic E-state index is 14.4. The Labute approximate surface area is 248 Å². The van der Waals surface area contributed by atoms with Crippen molar-refractivity contribution in [2.24, 2.45) is 0 Å². The molecule has 43 heavy (non-hydrogen) atoms. The molecule has 0 spiro atoms. The molecule has 0 unspecified atom stereocenters. The quantitative estimate of drug-likeness (QED) is 0.181. The van der Waals surface area contributed by atoms with Gasteiger partial charge in [-0.15, -0.1) is 0 Å². The minimum atomic E-state index is -0.275. The highest BCUT2D eigenvalue weighted by atomic mass is 19.1. The number of hydrogen-bond acceptors (Lipinski definition) is 8. The summed E-state index contributed by atoms with van der Waals surface area (Å²) in [5.74, 6) is 0.363. The lowest BCUT2D eigenvalue weighted by Crippen LogP contribution is -2.11. The van der Waals surface area contributed by atoms with Crippen LogP contribution in [0.1, 0.15) is 31.9 Å². The molecule has 0 fully saturated rings. The van der Waals surface area contributed by atoms with Crippen LogP contribution in [0.5, 0.6) is 0 Å². The van der Waals surface area contributed by atoms with E-state index in [9.17, 15) is 4.39 Å². The highest BCUT2D eigenvalue weighted by Crippen LogP contribution is 2.33. The predicted molar refractivity (Wildman–Crippen MR) is 164 cm³/mol. The normalized spacial score (nSPS) is 10.5. The Morgan fingerprint density at radius 2 is 1.70 bits per heavy atom. The van der Waals surface area contributed by atoms with Crippen molar-refractivity contribution in [3.63, 3.8) is 0 Å². The molecule has 2 aromatic carbocycles. The topological polar surface area (TPSA) is 141 Å². The van der Waals surface area contributed by atoms with E-state index in [0.29, 0.717) is 18.0 Å². The third kappa shape index (κ3) is 7.04. The van der Waals surface area contributed by atoms with Gasteiger partial charge in [0, 0.05) is 48.4 Å². The van der Waals surface area contributed by atoms with Crippen LogP contribution in [0.2, 0.25) is 0 Å². The van der Waals surface area contributed by atoms with Crippen LogP contribution in [-0.4, -0.2) is 49.9 Å². The number of halogens is 1. The average Bonchev–Trinajstić information content (AvgIpc) is 3.65. The number of nitrogens with one attached hydrogen (secondary N) is 4. The minimum absolute atomic E-state index is 0.250. The van der Waals surface area contributed by atoms with Crippen LogP contribution >= 0.6 is 0 Å². The summed E-state index contributed by atoms with van der Waals surface area (Å²) in [7, 11) is 1.84. The number of rotatable bonds is 8. The summed E-state index contributed by atoms with van der Waals surface area (Å²) in [6.07, 6.45) is 5.77. The zero-order valence-corrected chi connectivity index (χ0v) is 24.5. The minimum Gasteiger partial charge on any atom is -0.337 e. The van der Waals surface area contributed by atoms with Gasteiger partial charge in [-0.3, -0.25) is 10.1 Å². The Hall–Kier alpha value is -5.09. The lowest BCUT2D eigenvalue weighted by Gasteiger charge is -2.07. The highest BCUT2D eigenvalue weighted by molar-refractivity contribution is 5.97. The molecule has 0 aliphatic carbocycles. The zero-order chi connectivity index (χ0) is 30.8. The van der Waals surface area contributed by atoms with Gasteiger partial charge < -0.3 is 15.6 Å². The number of para-hydroxylation sites is 1. The summed E-state index contributed by atoms with van der Waals surface area (Å²) < 4.78 is 14.4. The maximum Gasteiger partial charge on any atom is 0.373 e. The number of aromatic amines is 2. The summed E-state index contributed by atoms with van der Waals surface area (Å²) in [5.41, 5.74) is 8.49. The molecule has 4 N–H and O–H groups in total. The van der Waals surface area contributed by atoms with Gasteiger partial charge in [0.25, 0.3) is 0 Å². The molecule has 6 rings (SSSR count). The van der Waals surface area contributed by atoms with Crippen LogP contribution < -0.4 is 10.6 Å². The molecule has 11 heteroatoms. The first kappa shape index (κ1) is 30.9. The van der Waals surface area contributed by atoms with Crippen molar-refractivity contribution >= 4 is 28.2 Å². The van der Waals surface area contributed by atoms with Crippen molar-refractivity contribution in [1.82, 2.24) is 40.8 Å². The van der Waals surface area contributed by atoms with Gasteiger partial charge in [-0.25, -0.2) is 14.4 Å². The Morgan fingerprint density at radius 1 is 0.930 bits per heavy atom. The van der Waals surface area contributed by atoms with E-state index >= 15 is 0 Å². The van der Waals surface area contributed by atoms with Gasteiger partial charge in [-0.2, -0.15) is 14.7 Å². The second-order valence-electron chi connectivity index (χ2n) is 9.30. The Morgan fingerprint density at radius 3 is 2.47 bits per heavy atom. The van der Waals surface area contributed by atoms with Crippen LogP contribution in [0.15, 0.2) is 67.1 Å². The third-order valence-electron chi connectivity index (χ3n) is 6.52. The molecule has 0 saturated carbocycles. The average molecular weight is 581 g/mol. The Bertz CT molecular complexity index is 1860. The molecule has 4 aromatic heterocycles. The van der Waals surface area contributed by atoms with Crippen LogP contribution in [0.25, 0.3) is 55.8 Å². The lowest BCUT2D eigenvalue weighted by molar-refractivity contribution is -0.191. The summed E-state index contributed by atoms with van der Waals surface area (Å²) in [6.45, 7) is 8.31. The van der Waals surface area contributed by atoms with Gasteiger partial charge in [-0.05, 0) is 66.7 Å². The number of benzene rings is 2. The van der Waals surface area contributed by atoms with Crippen LogP contribution in [0.3, 0.4) is 0 Å². The van der Waals surface area contributed by atoms with Gasteiger partial charge in [0.15, 0.2) is 11.5 Å². The van der Waals surface area contributed by atoms with Gasteiger partial charge >= 0.3 is 6.15 Å². The largest absolute Gasteiger partial charge is 0.373 e. The first-order valence-electron chi connectivity index (χ1n) is 14.0. The molecule has 10 nitrogen and oxygen atoms in total. The van der Waals surface area contributed by atoms with E-state index in [4.69, 9.17) is 14.6 Å². The Kier molecular flexibility index (Phi) is 10.5. The number of hydrogen-bond donors (Lipinski definition) is 4. The van der Waals surface area contributed by atoms with Gasteiger partial charge in [0.05, 0.1) is 16.4 Å². The molecule has 0 aliphatic rings. The monoisotopic (exact) mass is 580 g/mol. The van der Waals surface area contributed by atoms with E-state index in [2.05, 4.69) is 54.8 Å². The van der Waals surface area contributed by atoms with Gasteiger partial charge in [0.1, 0.15) is 11.5 Å². The van der Waals surface area contributed by atoms with Gasteiger partial charge in [-0.1, -0.05) is 32.9 Å². The van der Waals surface area contributed by atoms with Crippen LogP contribution in [-0.2, 0) is 22.7 Å². The Balaban J connectivity index is 0.000000798. The van der Waals surface area contributed by atoms with Crippen molar-refractivity contribution < 1.29 is 14.0 Å². The number of fused-ring (bicyclic) bond motifs is 2. The molecule has 6 aromatic rings. The maximum absolute atomic E-state index is 14.4. The number of imidazole rings is 1. The van der Waals surface area contributed by atoms with Crippen LogP contribution in [0, 0.1) is 5.82 Å². The fraction of sp³-hybridized carbons (Fsp3) is 0.219. The number of nitrogens with zero attached hydrogens (tertiary/aromatic N) is 4. The molecule has 0 amide bonds. The molecule has 4 heterocycles. The molecule has 0 radical (unpaired) electrons. The van der Waals surface area contributed by atoms with E-state index in [1.165, 1.54) is 0 Å². The summed E-state index contributed by atoms with van der Waals surface area (Å²) in [5, 5.41) is 14.8. The summed E-state index contributed by atoms with van der Waals surface area (Å²) >= 11 is 0. The van der Waals surface area contributed by atoms with Crippen molar-refractivity contribution in [2.45, 2.75) is 33.9 Å². The molecule has 0 bridgehead atoms. The SMILES string of the molecule is CC.CCNCc1cncc(-c2cnc3n[nH]c(-c4nc5c(-c6cc(F)cc(CNC)c6)cccc5[nH]4)c3c2)c1.O=C=O. The van der Waals surface area contributed by atoms with E-state index in [-0.39, 0.29) is 12.0 Å². The summed E-state index contributed by atoms with van der Waals surface area (Å²) in [4.78, 5) is 33.6. The first-order valence-corrected chi connectivity index (χ1v) is 14.0. The van der Waals surface area contributed by atoms with E-state index in [0.717, 1.165) is 68.6 Å². The fourth-order valence-corrected chi connectivity index (χ4v) is 4.75. The van der Waals surface area contributed by atoms with Crippen molar-refractivity contribution in [1.29, 1.82) is 0 Å². The second-order valence-corrected chi connectivity index (χ2v) is 9.30. The molecule has 0 saturated heterocycles. The van der Waals surface area contributed by atoms with E-state index in [1.807, 2.05) is 63.8 Å². The number of H-pyrrole nitrogens is 2. The third-order valence-corrected chi connectivity index (χ3v) is 6.52. The highest BCUT2D eigenvalue weighted by Gasteiger charge is 2.17. The van der Waals surface area contributed by atoms with E-state index in [1.54, 1.807) is 12.1 Å².